The summed E-state index contributed by atoms with van der Waals surface area (Å²) in [5, 5.41) is 0. The van der Waals surface area contributed by atoms with Crippen LogP contribution in [0.2, 0.25) is 0 Å². The maximum absolute atomic E-state index is 10.9. The lowest BCUT2D eigenvalue weighted by molar-refractivity contribution is -0.149. The molecular formula is C6H12O4P2. The molecule has 2 atom stereocenters. The van der Waals surface area contributed by atoms with Gasteiger partial charge in [0, 0.05) is 0 Å². The van der Waals surface area contributed by atoms with Gasteiger partial charge in [-0.3, -0.25) is 9.59 Å². The van der Waals surface area contributed by atoms with Gasteiger partial charge in [-0.25, -0.2) is 0 Å². The van der Waals surface area contributed by atoms with Crippen molar-refractivity contribution in [3.63, 3.8) is 0 Å². The molecule has 0 heterocycles. The predicted molar refractivity (Wildman–Crippen MR) is 49.8 cm³/mol. The molecule has 12 heavy (non-hydrogen) atoms. The lowest BCUT2D eigenvalue weighted by Crippen LogP contribution is -2.21. The van der Waals surface area contributed by atoms with Gasteiger partial charge in [0.05, 0.1) is 17.6 Å². The van der Waals surface area contributed by atoms with E-state index >= 15 is 0 Å². The summed E-state index contributed by atoms with van der Waals surface area (Å²) in [7, 11) is 0.141. The molecule has 0 aliphatic heterocycles. The second-order valence-electron chi connectivity index (χ2n) is 1.97. The number of carbonyl (C=O) groups excluding carboxylic acids is 2. The Morgan fingerprint density at radius 3 is 1.67 bits per heavy atom. The van der Waals surface area contributed by atoms with Crippen LogP contribution in [0.3, 0.4) is 0 Å². The first-order valence-electron chi connectivity index (χ1n) is 3.38. The Labute approximate surface area is 75.1 Å². The van der Waals surface area contributed by atoms with Crippen LogP contribution in [0.1, 0.15) is 6.92 Å². The van der Waals surface area contributed by atoms with Crippen LogP contribution in [0, 0.1) is 5.92 Å². The summed E-state index contributed by atoms with van der Waals surface area (Å²) in [5.74, 6) is -1.83. The van der Waals surface area contributed by atoms with Crippen molar-refractivity contribution < 1.29 is 18.6 Å². The maximum atomic E-state index is 10.9. The van der Waals surface area contributed by atoms with E-state index in [-0.39, 0.29) is 17.6 Å². The molecule has 0 N–H and O–H groups in total. The molecule has 70 valence electrons. The fourth-order valence-corrected chi connectivity index (χ4v) is 1.23. The van der Waals surface area contributed by atoms with Gasteiger partial charge < -0.3 is 9.05 Å². The highest BCUT2D eigenvalue weighted by Crippen LogP contribution is 2.14. The smallest absolute Gasteiger partial charge is 0.322 e. The van der Waals surface area contributed by atoms with Crippen molar-refractivity contribution in [2.75, 3.05) is 13.3 Å². The third kappa shape index (κ3) is 3.99. The average Bonchev–Trinajstić information content (AvgIpc) is 2.04. The van der Waals surface area contributed by atoms with Gasteiger partial charge in [0.15, 0.2) is 5.92 Å². The average molecular weight is 210 g/mol. The van der Waals surface area contributed by atoms with Crippen LogP contribution >= 0.6 is 17.6 Å². The molecule has 0 spiro atoms. The van der Waals surface area contributed by atoms with E-state index in [0.717, 1.165) is 0 Å². The summed E-state index contributed by atoms with van der Waals surface area (Å²) in [6, 6.07) is 0. The van der Waals surface area contributed by atoms with Gasteiger partial charge >= 0.3 is 11.9 Å². The van der Waals surface area contributed by atoms with E-state index in [1.54, 1.807) is 13.3 Å². The van der Waals surface area contributed by atoms with Crippen LogP contribution in [0.15, 0.2) is 0 Å². The number of carbonyl (C=O) groups is 2. The highest BCUT2D eigenvalue weighted by atomic mass is 31.1. The fraction of sp³-hybridized carbons (Fsp3) is 0.667. The molecule has 0 aromatic carbocycles. The Morgan fingerprint density at radius 2 is 1.42 bits per heavy atom. The predicted octanol–water partition coefficient (Wildman–Crippen LogP) is 1.16. The Balaban J connectivity index is 3.91. The van der Waals surface area contributed by atoms with E-state index in [1.165, 1.54) is 6.92 Å². The molecule has 2 unspecified atom stereocenters. The van der Waals surface area contributed by atoms with Crippen molar-refractivity contribution in [3.8, 4) is 0 Å². The first-order chi connectivity index (χ1) is 5.63. The SMILES string of the molecule is CPOC(=O)C(C)C(=O)OPC. The summed E-state index contributed by atoms with van der Waals surface area (Å²) in [6.45, 7) is 4.92. The molecule has 6 heteroatoms. The van der Waals surface area contributed by atoms with E-state index < -0.39 is 17.9 Å². The summed E-state index contributed by atoms with van der Waals surface area (Å²) >= 11 is 0. The second kappa shape index (κ2) is 6.33. The highest BCUT2D eigenvalue weighted by Gasteiger charge is 2.23. The first-order valence-corrected chi connectivity index (χ1v) is 6.20. The van der Waals surface area contributed by atoms with Gasteiger partial charge in [-0.05, 0) is 20.3 Å². The Kier molecular flexibility index (Phi) is 6.23. The number of hydrogen-bond donors (Lipinski definition) is 0. The molecule has 0 amide bonds. The molecule has 0 fully saturated rings. The van der Waals surface area contributed by atoms with Crippen molar-refractivity contribution in [1.29, 1.82) is 0 Å². The van der Waals surface area contributed by atoms with Crippen molar-refractivity contribution in [2.24, 2.45) is 5.92 Å². The van der Waals surface area contributed by atoms with Crippen molar-refractivity contribution in [3.05, 3.63) is 0 Å². The van der Waals surface area contributed by atoms with Crippen molar-refractivity contribution >= 4 is 29.6 Å². The Bertz CT molecular complexity index is 153. The minimum atomic E-state index is -0.801. The van der Waals surface area contributed by atoms with Gasteiger partial charge in [0.25, 0.3) is 0 Å². The summed E-state index contributed by atoms with van der Waals surface area (Å²) in [4.78, 5) is 21.9. The standard InChI is InChI=1S/C6H12O4P2/c1-4(5(7)9-11-2)6(8)10-12-3/h4,11-12H,1-3H3. The molecule has 0 rings (SSSR count). The largest absolute Gasteiger partial charge is 0.448 e. The minimum Gasteiger partial charge on any atom is -0.448 e. The summed E-state index contributed by atoms with van der Waals surface area (Å²) in [6.07, 6.45) is 0. The lowest BCUT2D eigenvalue weighted by atomic mass is 10.2. The van der Waals surface area contributed by atoms with Crippen LogP contribution in [0.25, 0.3) is 0 Å². The third-order valence-electron chi connectivity index (χ3n) is 1.11. The van der Waals surface area contributed by atoms with Gasteiger partial charge in [-0.15, -0.1) is 0 Å². The highest BCUT2D eigenvalue weighted by molar-refractivity contribution is 7.32. The fourth-order valence-electron chi connectivity index (χ4n) is 0.474. The molecule has 0 aliphatic rings. The zero-order valence-corrected chi connectivity index (χ0v) is 9.21. The zero-order valence-electron chi connectivity index (χ0n) is 7.21. The minimum absolute atomic E-state index is 0.0706. The maximum Gasteiger partial charge on any atom is 0.322 e. The van der Waals surface area contributed by atoms with Gasteiger partial charge in [0.1, 0.15) is 0 Å². The second-order valence-corrected chi connectivity index (χ2v) is 3.20. The quantitative estimate of drug-likeness (QED) is 0.516. The lowest BCUT2D eigenvalue weighted by Gasteiger charge is -2.08. The van der Waals surface area contributed by atoms with Crippen molar-refractivity contribution in [2.45, 2.75) is 6.92 Å². The van der Waals surface area contributed by atoms with Gasteiger partial charge in [-0.2, -0.15) is 0 Å². The molecule has 0 aromatic heterocycles. The first kappa shape index (κ1) is 11.8. The van der Waals surface area contributed by atoms with Gasteiger partial charge in [0.2, 0.25) is 0 Å². The van der Waals surface area contributed by atoms with E-state index in [2.05, 4.69) is 9.05 Å². The topological polar surface area (TPSA) is 52.6 Å². The molecule has 0 bridgehead atoms. The number of rotatable bonds is 4. The Hall–Kier alpha value is -0.200. The molecule has 4 nitrogen and oxygen atoms in total. The molecule has 0 aromatic rings. The number of hydrogen-bond acceptors (Lipinski definition) is 4. The zero-order chi connectivity index (χ0) is 9.56. The van der Waals surface area contributed by atoms with Crippen LogP contribution < -0.4 is 0 Å². The molecular weight excluding hydrogens is 198 g/mol. The van der Waals surface area contributed by atoms with E-state index in [0.29, 0.717) is 0 Å². The molecule has 0 radical (unpaired) electrons. The van der Waals surface area contributed by atoms with Crippen LogP contribution in [0.5, 0.6) is 0 Å². The molecule has 0 saturated carbocycles. The normalized spacial score (nSPS) is 13.9. The van der Waals surface area contributed by atoms with Gasteiger partial charge in [-0.1, -0.05) is 0 Å². The summed E-state index contributed by atoms with van der Waals surface area (Å²) < 4.78 is 9.32. The summed E-state index contributed by atoms with van der Waals surface area (Å²) in [5.41, 5.74) is 0. The van der Waals surface area contributed by atoms with E-state index in [9.17, 15) is 9.59 Å². The van der Waals surface area contributed by atoms with E-state index in [4.69, 9.17) is 0 Å². The Morgan fingerprint density at radius 1 is 1.08 bits per heavy atom. The van der Waals surface area contributed by atoms with Crippen molar-refractivity contribution in [1.82, 2.24) is 0 Å². The van der Waals surface area contributed by atoms with Crippen LogP contribution in [0.4, 0.5) is 0 Å². The van der Waals surface area contributed by atoms with Crippen LogP contribution in [-0.4, -0.2) is 25.3 Å². The molecule has 0 aliphatic carbocycles. The monoisotopic (exact) mass is 210 g/mol. The third-order valence-corrected chi connectivity index (χ3v) is 1.92. The van der Waals surface area contributed by atoms with Crippen LogP contribution in [-0.2, 0) is 18.6 Å². The molecule has 0 saturated heterocycles. The van der Waals surface area contributed by atoms with E-state index in [1.807, 2.05) is 0 Å².